The number of aromatic nitrogens is 2. The van der Waals surface area contributed by atoms with Crippen LogP contribution in [0.3, 0.4) is 0 Å². The number of aliphatic hydroxyl groups excluding tert-OH is 1. The van der Waals surface area contributed by atoms with E-state index < -0.39 is 0 Å². The smallest absolute Gasteiger partial charge is 0.0893 e. The van der Waals surface area contributed by atoms with Crippen LogP contribution in [0.25, 0.3) is 11.0 Å². The van der Waals surface area contributed by atoms with Crippen LogP contribution >= 0.6 is 0 Å². The van der Waals surface area contributed by atoms with Gasteiger partial charge in [-0.15, -0.1) is 0 Å². The topological polar surface area (TPSA) is 58.0 Å². The number of benzene rings is 1. The van der Waals surface area contributed by atoms with Crippen molar-refractivity contribution in [2.75, 3.05) is 13.2 Å². The molecule has 0 radical (unpaired) electrons. The van der Waals surface area contributed by atoms with Crippen molar-refractivity contribution in [1.82, 2.24) is 15.3 Å². The van der Waals surface area contributed by atoms with Gasteiger partial charge in [0, 0.05) is 25.6 Å². The van der Waals surface area contributed by atoms with E-state index in [0.717, 1.165) is 67.6 Å². The zero-order valence-corrected chi connectivity index (χ0v) is 20.5. The van der Waals surface area contributed by atoms with Gasteiger partial charge in [0.2, 0.25) is 0 Å². The summed E-state index contributed by atoms with van der Waals surface area (Å²) >= 11 is 0. The predicted octanol–water partition coefficient (Wildman–Crippen LogP) is 6.48. The summed E-state index contributed by atoms with van der Waals surface area (Å²) in [5.41, 5.74) is 6.17. The third-order valence-electron chi connectivity index (χ3n) is 6.21. The van der Waals surface area contributed by atoms with Crippen LogP contribution in [0.2, 0.25) is 0 Å². The Kier molecular flexibility index (Phi) is 10.6. The van der Waals surface area contributed by atoms with Crippen molar-refractivity contribution in [3.63, 3.8) is 0 Å². The molecule has 0 amide bonds. The van der Waals surface area contributed by atoms with E-state index in [9.17, 15) is 4.39 Å². The molecule has 2 atom stereocenters. The molecular weight excluding hydrogens is 425 g/mol. The van der Waals surface area contributed by atoms with Crippen LogP contribution in [0.1, 0.15) is 68.8 Å². The lowest BCUT2D eigenvalue weighted by atomic mass is 9.96. The van der Waals surface area contributed by atoms with Gasteiger partial charge in [-0.1, -0.05) is 55.9 Å². The minimum Gasteiger partial charge on any atom is -0.396 e. The molecule has 0 saturated heterocycles. The van der Waals surface area contributed by atoms with Crippen LogP contribution in [0.4, 0.5) is 4.39 Å². The lowest BCUT2D eigenvalue weighted by Gasteiger charge is -2.16. The standard InChI is InChI=1S/C29H38FN3O/c1-3-8-25(9-7-17-30)29-27(10-5-4-6-18-34)32-28-19-24(15-16-26(28)33-29)21-31-20-23-13-11-22(2)12-14-23/h3,7-8,11,13-17,19,22,25,31,34H,4-6,9-10,12,18,20-21H2,1-2H3/b8-3-,17-7+. The number of fused-ring (bicyclic) bond motifs is 1. The minimum atomic E-state index is -0.0115. The summed E-state index contributed by atoms with van der Waals surface area (Å²) < 4.78 is 12.8. The van der Waals surface area contributed by atoms with E-state index in [4.69, 9.17) is 15.1 Å². The quantitative estimate of drug-likeness (QED) is 0.264. The van der Waals surface area contributed by atoms with Crippen LogP contribution in [0, 0.1) is 5.92 Å². The molecule has 1 aromatic heterocycles. The van der Waals surface area contributed by atoms with Crippen LogP contribution in [-0.4, -0.2) is 28.2 Å². The highest BCUT2D eigenvalue weighted by Gasteiger charge is 2.17. The van der Waals surface area contributed by atoms with Gasteiger partial charge in [-0.3, -0.25) is 0 Å². The van der Waals surface area contributed by atoms with Gasteiger partial charge in [0.15, 0.2) is 0 Å². The highest BCUT2D eigenvalue weighted by molar-refractivity contribution is 5.75. The maximum atomic E-state index is 12.8. The van der Waals surface area contributed by atoms with E-state index in [0.29, 0.717) is 18.7 Å². The summed E-state index contributed by atoms with van der Waals surface area (Å²) in [6, 6.07) is 6.27. The normalized spacial score (nSPS) is 17.2. The van der Waals surface area contributed by atoms with Crippen molar-refractivity contribution < 1.29 is 9.50 Å². The molecule has 1 aliphatic rings. The third-order valence-corrected chi connectivity index (χ3v) is 6.21. The number of aliphatic hydroxyl groups is 1. The number of nitrogens with one attached hydrogen (secondary N) is 1. The number of hydrogen-bond donors (Lipinski definition) is 2. The largest absolute Gasteiger partial charge is 0.396 e. The molecular formula is C29H38FN3O. The first kappa shape index (κ1) is 26.0. The van der Waals surface area contributed by atoms with Crippen molar-refractivity contribution in [1.29, 1.82) is 0 Å². The molecule has 0 spiro atoms. The molecule has 182 valence electrons. The van der Waals surface area contributed by atoms with Crippen LogP contribution in [-0.2, 0) is 13.0 Å². The maximum Gasteiger partial charge on any atom is 0.0893 e. The number of halogens is 1. The summed E-state index contributed by atoms with van der Waals surface area (Å²) in [5.74, 6) is 0.619. The Labute approximate surface area is 203 Å². The Hall–Kier alpha value is -2.63. The fourth-order valence-corrected chi connectivity index (χ4v) is 4.29. The van der Waals surface area contributed by atoms with Gasteiger partial charge in [-0.25, -0.2) is 14.4 Å². The van der Waals surface area contributed by atoms with Gasteiger partial charge in [0.25, 0.3) is 0 Å². The predicted molar refractivity (Wildman–Crippen MR) is 139 cm³/mol. The SMILES string of the molecule is C/C=C\C(C/C=C/F)c1nc2ccc(CNCC3=CCC(C)C=C3)cc2nc1CCCCCO. The summed E-state index contributed by atoms with van der Waals surface area (Å²) in [4.78, 5) is 10.0. The number of allylic oxidation sites excluding steroid dienone is 5. The Bertz CT molecular complexity index is 1040. The Balaban J connectivity index is 1.80. The molecule has 4 nitrogen and oxygen atoms in total. The Morgan fingerprint density at radius 3 is 2.79 bits per heavy atom. The Morgan fingerprint density at radius 1 is 1.18 bits per heavy atom. The number of nitrogens with zero attached hydrogens (tertiary/aromatic N) is 2. The third kappa shape index (κ3) is 7.71. The van der Waals surface area contributed by atoms with Crippen molar-refractivity contribution >= 4 is 11.0 Å². The molecule has 0 saturated carbocycles. The van der Waals surface area contributed by atoms with Crippen LogP contribution in [0.5, 0.6) is 0 Å². The van der Waals surface area contributed by atoms with Gasteiger partial charge in [-0.05, 0) is 68.2 Å². The van der Waals surface area contributed by atoms with Crippen molar-refractivity contribution in [2.45, 2.75) is 64.8 Å². The Morgan fingerprint density at radius 2 is 2.06 bits per heavy atom. The molecule has 34 heavy (non-hydrogen) atoms. The molecule has 2 unspecified atom stereocenters. The second kappa shape index (κ2) is 13.9. The number of rotatable bonds is 13. The molecule has 1 aromatic carbocycles. The molecule has 0 fully saturated rings. The summed E-state index contributed by atoms with van der Waals surface area (Å²) in [5, 5.41) is 12.7. The van der Waals surface area contributed by atoms with Gasteiger partial charge >= 0.3 is 0 Å². The van der Waals surface area contributed by atoms with Crippen LogP contribution < -0.4 is 5.32 Å². The number of aryl methyl sites for hydroxylation is 1. The van der Waals surface area contributed by atoms with Gasteiger partial charge < -0.3 is 10.4 Å². The zero-order chi connectivity index (χ0) is 24.2. The first-order chi connectivity index (χ1) is 16.6. The summed E-state index contributed by atoms with van der Waals surface area (Å²) in [6.07, 6.45) is 18.1. The second-order valence-electron chi connectivity index (χ2n) is 9.10. The van der Waals surface area contributed by atoms with Gasteiger partial charge in [0.05, 0.1) is 28.8 Å². The first-order valence-electron chi connectivity index (χ1n) is 12.5. The van der Waals surface area contributed by atoms with E-state index in [-0.39, 0.29) is 12.5 Å². The van der Waals surface area contributed by atoms with Gasteiger partial charge in [-0.2, -0.15) is 0 Å². The molecule has 2 N–H and O–H groups in total. The molecule has 0 bridgehead atoms. The molecule has 1 aliphatic carbocycles. The van der Waals surface area contributed by atoms with Crippen molar-refractivity contribution in [2.24, 2.45) is 5.92 Å². The maximum absolute atomic E-state index is 12.8. The van der Waals surface area contributed by atoms with E-state index in [1.807, 2.05) is 19.1 Å². The average molecular weight is 464 g/mol. The second-order valence-corrected chi connectivity index (χ2v) is 9.10. The molecule has 3 rings (SSSR count). The highest BCUT2D eigenvalue weighted by Crippen LogP contribution is 2.27. The van der Waals surface area contributed by atoms with E-state index in [2.05, 4.69) is 48.7 Å². The fraction of sp³-hybridized carbons (Fsp3) is 0.448. The summed E-state index contributed by atoms with van der Waals surface area (Å²) in [6.45, 7) is 6.04. The number of unbranched alkanes of at least 4 members (excludes halogenated alkanes) is 2. The number of hydrogen-bond acceptors (Lipinski definition) is 4. The minimum absolute atomic E-state index is 0.0115. The summed E-state index contributed by atoms with van der Waals surface area (Å²) in [7, 11) is 0. The van der Waals surface area contributed by atoms with E-state index in [1.54, 1.807) is 6.08 Å². The molecule has 2 aromatic rings. The molecule has 5 heteroatoms. The van der Waals surface area contributed by atoms with Gasteiger partial charge in [0.1, 0.15) is 0 Å². The zero-order valence-electron chi connectivity index (χ0n) is 20.5. The van der Waals surface area contributed by atoms with Crippen LogP contribution in [0.15, 0.2) is 66.6 Å². The molecule has 1 heterocycles. The fourth-order valence-electron chi connectivity index (χ4n) is 4.29. The lowest BCUT2D eigenvalue weighted by Crippen LogP contribution is -2.17. The average Bonchev–Trinajstić information content (AvgIpc) is 2.85. The van der Waals surface area contributed by atoms with E-state index in [1.165, 1.54) is 11.1 Å². The van der Waals surface area contributed by atoms with Crippen molar-refractivity contribution in [3.8, 4) is 0 Å². The monoisotopic (exact) mass is 463 g/mol. The van der Waals surface area contributed by atoms with Crippen molar-refractivity contribution in [3.05, 3.63) is 83.5 Å². The lowest BCUT2D eigenvalue weighted by molar-refractivity contribution is 0.283. The molecule has 0 aliphatic heterocycles. The van der Waals surface area contributed by atoms with E-state index >= 15 is 0 Å². The first-order valence-corrected chi connectivity index (χ1v) is 12.5. The highest BCUT2D eigenvalue weighted by atomic mass is 19.1.